The summed E-state index contributed by atoms with van der Waals surface area (Å²) in [5.74, 6) is 3.55. The fourth-order valence-corrected chi connectivity index (χ4v) is 4.25. The van der Waals surface area contributed by atoms with Gasteiger partial charge in [0.2, 0.25) is 0 Å². The zero-order valence-corrected chi connectivity index (χ0v) is 11.9. The maximum Gasteiger partial charge on any atom is 0.0931 e. The van der Waals surface area contributed by atoms with Gasteiger partial charge in [0.15, 0.2) is 0 Å². The van der Waals surface area contributed by atoms with E-state index in [9.17, 15) is 0 Å². The first kappa shape index (κ1) is 12.7. The predicted molar refractivity (Wildman–Crippen MR) is 75.8 cm³/mol. The Morgan fingerprint density at radius 3 is 2.81 bits per heavy atom. The summed E-state index contributed by atoms with van der Waals surface area (Å²) in [5.41, 5.74) is 0. The summed E-state index contributed by atoms with van der Waals surface area (Å²) in [7, 11) is 0. The Morgan fingerprint density at radius 2 is 2.19 bits per heavy atom. The molecular formula is C12H18ClNS2. The molecule has 1 aromatic rings. The lowest BCUT2D eigenvalue weighted by molar-refractivity contribution is 0.423. The van der Waals surface area contributed by atoms with E-state index in [1.54, 1.807) is 11.3 Å². The molecule has 2 heterocycles. The molecule has 1 unspecified atom stereocenters. The van der Waals surface area contributed by atoms with Gasteiger partial charge in [0.1, 0.15) is 0 Å². The van der Waals surface area contributed by atoms with E-state index in [0.717, 1.165) is 16.8 Å². The SMILES string of the molecule is CC(NCC1CCSCC1)c1ccc(Cl)s1. The number of thiophene rings is 1. The van der Waals surface area contributed by atoms with Crippen molar-refractivity contribution in [3.05, 3.63) is 21.3 Å². The molecule has 1 N–H and O–H groups in total. The Labute approximate surface area is 111 Å². The number of hydrogen-bond acceptors (Lipinski definition) is 3. The average Bonchev–Trinajstić information content (AvgIpc) is 2.74. The highest BCUT2D eigenvalue weighted by atomic mass is 35.5. The van der Waals surface area contributed by atoms with Crippen molar-refractivity contribution in [1.29, 1.82) is 0 Å². The van der Waals surface area contributed by atoms with Crippen LogP contribution in [0.4, 0.5) is 0 Å². The summed E-state index contributed by atoms with van der Waals surface area (Å²) in [6, 6.07) is 4.55. The van der Waals surface area contributed by atoms with E-state index in [0.29, 0.717) is 6.04 Å². The Morgan fingerprint density at radius 1 is 1.44 bits per heavy atom. The molecule has 90 valence electrons. The van der Waals surface area contributed by atoms with Crippen molar-refractivity contribution in [3.63, 3.8) is 0 Å². The van der Waals surface area contributed by atoms with Gasteiger partial charge < -0.3 is 5.32 Å². The van der Waals surface area contributed by atoms with E-state index in [-0.39, 0.29) is 0 Å². The van der Waals surface area contributed by atoms with Gasteiger partial charge in [-0.1, -0.05) is 11.6 Å². The van der Waals surface area contributed by atoms with Crippen LogP contribution in [-0.4, -0.2) is 18.1 Å². The van der Waals surface area contributed by atoms with Gasteiger partial charge in [-0.15, -0.1) is 11.3 Å². The summed E-state index contributed by atoms with van der Waals surface area (Å²) in [6.07, 6.45) is 2.74. The number of halogens is 1. The van der Waals surface area contributed by atoms with Crippen LogP contribution in [0.25, 0.3) is 0 Å². The molecule has 2 rings (SSSR count). The molecule has 0 bridgehead atoms. The highest BCUT2D eigenvalue weighted by Crippen LogP contribution is 2.27. The van der Waals surface area contributed by atoms with Crippen LogP contribution in [0.5, 0.6) is 0 Å². The first-order chi connectivity index (χ1) is 7.75. The van der Waals surface area contributed by atoms with Crippen LogP contribution in [0.15, 0.2) is 12.1 Å². The maximum absolute atomic E-state index is 5.94. The summed E-state index contributed by atoms with van der Waals surface area (Å²) in [5, 5.41) is 3.62. The van der Waals surface area contributed by atoms with Crippen LogP contribution in [0.2, 0.25) is 4.34 Å². The Hall–Kier alpha value is 0.300. The van der Waals surface area contributed by atoms with Crippen molar-refractivity contribution in [1.82, 2.24) is 5.32 Å². The van der Waals surface area contributed by atoms with Gasteiger partial charge in [0.25, 0.3) is 0 Å². The lowest BCUT2D eigenvalue weighted by atomic mass is 10.0. The molecule has 1 aromatic heterocycles. The standard InChI is InChI=1S/C12H18ClNS2/c1-9(11-2-3-12(13)16-11)14-8-10-4-6-15-7-5-10/h2-3,9-10,14H,4-8H2,1H3. The van der Waals surface area contributed by atoms with E-state index >= 15 is 0 Å². The number of rotatable bonds is 4. The van der Waals surface area contributed by atoms with Crippen molar-refractivity contribution in [2.75, 3.05) is 18.1 Å². The topological polar surface area (TPSA) is 12.0 Å². The quantitative estimate of drug-likeness (QED) is 0.884. The second-order valence-corrected chi connectivity index (χ2v) is 7.30. The molecule has 1 aliphatic heterocycles. The van der Waals surface area contributed by atoms with E-state index in [1.165, 1.54) is 29.2 Å². The molecule has 16 heavy (non-hydrogen) atoms. The van der Waals surface area contributed by atoms with Crippen molar-refractivity contribution < 1.29 is 0 Å². The summed E-state index contributed by atoms with van der Waals surface area (Å²) >= 11 is 9.71. The maximum atomic E-state index is 5.94. The van der Waals surface area contributed by atoms with Crippen molar-refractivity contribution >= 4 is 34.7 Å². The second-order valence-electron chi connectivity index (χ2n) is 4.33. The zero-order chi connectivity index (χ0) is 11.4. The van der Waals surface area contributed by atoms with Gasteiger partial charge in [-0.2, -0.15) is 11.8 Å². The molecule has 0 radical (unpaired) electrons. The molecule has 1 fully saturated rings. The van der Waals surface area contributed by atoms with Crippen LogP contribution in [-0.2, 0) is 0 Å². The first-order valence-corrected chi connectivity index (χ1v) is 8.17. The minimum Gasteiger partial charge on any atom is -0.309 e. The van der Waals surface area contributed by atoms with Gasteiger partial charge in [0.05, 0.1) is 4.34 Å². The third-order valence-corrected chi connectivity index (χ3v) is 5.54. The molecule has 4 heteroatoms. The largest absolute Gasteiger partial charge is 0.309 e. The highest BCUT2D eigenvalue weighted by molar-refractivity contribution is 7.99. The Bertz CT molecular complexity index is 321. The minimum atomic E-state index is 0.437. The molecule has 1 nitrogen and oxygen atoms in total. The second kappa shape index (κ2) is 6.29. The smallest absolute Gasteiger partial charge is 0.0931 e. The Kier molecular flexibility index (Phi) is 5.01. The molecule has 1 saturated heterocycles. The monoisotopic (exact) mass is 275 g/mol. The summed E-state index contributed by atoms with van der Waals surface area (Å²) < 4.78 is 0.887. The van der Waals surface area contributed by atoms with E-state index in [2.05, 4.69) is 30.1 Å². The molecular weight excluding hydrogens is 258 g/mol. The van der Waals surface area contributed by atoms with Gasteiger partial charge in [-0.25, -0.2) is 0 Å². The van der Waals surface area contributed by atoms with Crippen LogP contribution in [0.1, 0.15) is 30.7 Å². The van der Waals surface area contributed by atoms with Gasteiger partial charge in [0, 0.05) is 10.9 Å². The van der Waals surface area contributed by atoms with Gasteiger partial charge >= 0.3 is 0 Å². The lowest BCUT2D eigenvalue weighted by Crippen LogP contribution is -2.27. The molecule has 0 spiro atoms. The van der Waals surface area contributed by atoms with Crippen molar-refractivity contribution in [3.8, 4) is 0 Å². The first-order valence-electron chi connectivity index (χ1n) is 5.82. The summed E-state index contributed by atoms with van der Waals surface area (Å²) in [6.45, 7) is 3.37. The lowest BCUT2D eigenvalue weighted by Gasteiger charge is -2.23. The molecule has 0 aliphatic carbocycles. The van der Waals surface area contributed by atoms with E-state index in [4.69, 9.17) is 11.6 Å². The van der Waals surface area contributed by atoms with E-state index in [1.807, 2.05) is 6.07 Å². The van der Waals surface area contributed by atoms with Crippen LogP contribution in [0.3, 0.4) is 0 Å². The molecule has 0 amide bonds. The predicted octanol–water partition coefficient (Wildman–Crippen LogP) is 4.20. The van der Waals surface area contributed by atoms with Gasteiger partial charge in [-0.3, -0.25) is 0 Å². The third kappa shape index (κ3) is 3.66. The normalized spacial score (nSPS) is 19.9. The molecule has 1 aliphatic rings. The third-order valence-electron chi connectivity index (χ3n) is 3.07. The fourth-order valence-electron chi connectivity index (χ4n) is 1.96. The zero-order valence-electron chi connectivity index (χ0n) is 9.54. The highest BCUT2D eigenvalue weighted by Gasteiger charge is 2.15. The minimum absolute atomic E-state index is 0.437. The number of hydrogen-bond donors (Lipinski definition) is 1. The molecule has 0 aromatic carbocycles. The van der Waals surface area contributed by atoms with Crippen molar-refractivity contribution in [2.45, 2.75) is 25.8 Å². The van der Waals surface area contributed by atoms with Crippen LogP contribution < -0.4 is 5.32 Å². The average molecular weight is 276 g/mol. The number of thioether (sulfide) groups is 1. The summed E-state index contributed by atoms with van der Waals surface area (Å²) in [4.78, 5) is 1.34. The fraction of sp³-hybridized carbons (Fsp3) is 0.667. The van der Waals surface area contributed by atoms with Crippen LogP contribution >= 0.6 is 34.7 Å². The van der Waals surface area contributed by atoms with Crippen LogP contribution in [0, 0.1) is 5.92 Å². The molecule has 0 saturated carbocycles. The number of nitrogens with one attached hydrogen (secondary N) is 1. The van der Waals surface area contributed by atoms with E-state index < -0.39 is 0 Å². The Balaban J connectivity index is 1.76. The van der Waals surface area contributed by atoms with Gasteiger partial charge in [-0.05, 0) is 55.9 Å². The molecule has 1 atom stereocenters. The van der Waals surface area contributed by atoms with Crippen molar-refractivity contribution in [2.24, 2.45) is 5.92 Å².